The Hall–Kier alpha value is -1.92. The fourth-order valence-electron chi connectivity index (χ4n) is 4.48. The summed E-state index contributed by atoms with van der Waals surface area (Å²) >= 11 is 1.69. The van der Waals surface area contributed by atoms with Gasteiger partial charge in [0, 0.05) is 47.3 Å². The topological polar surface area (TPSA) is 59.0 Å². The summed E-state index contributed by atoms with van der Waals surface area (Å²) in [4.78, 5) is 34.2. The van der Waals surface area contributed by atoms with Crippen molar-refractivity contribution in [3.8, 4) is 0 Å². The number of aliphatic imine (C=N–C) groups is 1. The van der Waals surface area contributed by atoms with Gasteiger partial charge < -0.3 is 9.64 Å². The van der Waals surface area contributed by atoms with E-state index in [1.54, 1.807) is 11.8 Å². The first kappa shape index (κ1) is 19.4. The minimum Gasteiger partial charge on any atom is -0.378 e. The number of allylic oxidation sites excluding steroid dienone is 2. The lowest BCUT2D eigenvalue weighted by atomic mass is 9.71. The van der Waals surface area contributed by atoms with Gasteiger partial charge in [-0.2, -0.15) is 0 Å². The standard InChI is InChI=1S/C22H26N2O3S/c1-14-19(22(26)24-10-12-27-13-11-24)20(15-6-8-16(28-2)9-7-15)21-17(23-14)4-3-5-18(21)25/h6-9,19-20H,3-5,10-13H2,1-2H3/t19?,20-/m0/s1. The van der Waals surface area contributed by atoms with Crippen molar-refractivity contribution < 1.29 is 14.3 Å². The number of amides is 1. The van der Waals surface area contributed by atoms with Gasteiger partial charge in [-0.15, -0.1) is 11.8 Å². The molecule has 1 fully saturated rings. The van der Waals surface area contributed by atoms with Gasteiger partial charge in [0.15, 0.2) is 5.78 Å². The fourth-order valence-corrected chi connectivity index (χ4v) is 4.89. The van der Waals surface area contributed by atoms with Crippen molar-refractivity contribution >= 4 is 29.2 Å². The zero-order valence-electron chi connectivity index (χ0n) is 16.4. The van der Waals surface area contributed by atoms with Crippen molar-refractivity contribution in [1.82, 2.24) is 4.90 Å². The summed E-state index contributed by atoms with van der Waals surface area (Å²) in [5, 5.41) is 0. The predicted octanol–water partition coefficient (Wildman–Crippen LogP) is 3.45. The molecule has 148 valence electrons. The minimum absolute atomic E-state index is 0.0633. The molecular formula is C22H26N2O3S. The van der Waals surface area contributed by atoms with Gasteiger partial charge in [0.05, 0.1) is 19.1 Å². The number of hydrogen-bond donors (Lipinski definition) is 0. The Kier molecular flexibility index (Phi) is 5.69. The molecule has 1 aromatic rings. The van der Waals surface area contributed by atoms with Crippen LogP contribution in [0.4, 0.5) is 0 Å². The lowest BCUT2D eigenvalue weighted by molar-refractivity contribution is -0.137. The van der Waals surface area contributed by atoms with Gasteiger partial charge >= 0.3 is 0 Å². The first-order valence-corrected chi connectivity index (χ1v) is 11.1. The van der Waals surface area contributed by atoms with Crippen molar-refractivity contribution in [2.45, 2.75) is 37.0 Å². The minimum atomic E-state index is -0.418. The first-order valence-electron chi connectivity index (χ1n) is 9.92. The Bertz CT molecular complexity index is 838. The number of rotatable bonds is 3. The molecule has 0 aromatic heterocycles. The lowest BCUT2D eigenvalue weighted by Crippen LogP contribution is -2.48. The zero-order valence-corrected chi connectivity index (χ0v) is 17.3. The molecule has 0 radical (unpaired) electrons. The number of Topliss-reactive ketones (excluding diaryl/α,β-unsaturated/α-hetero) is 1. The molecule has 2 atom stereocenters. The van der Waals surface area contributed by atoms with Crippen molar-refractivity contribution in [3.05, 3.63) is 41.1 Å². The summed E-state index contributed by atoms with van der Waals surface area (Å²) in [6.45, 7) is 4.26. The van der Waals surface area contributed by atoms with Gasteiger partial charge in [0.2, 0.25) is 5.91 Å². The maximum atomic E-state index is 13.5. The largest absolute Gasteiger partial charge is 0.378 e. The molecular weight excluding hydrogens is 372 g/mol. The van der Waals surface area contributed by atoms with E-state index in [1.807, 2.05) is 18.1 Å². The molecule has 5 nitrogen and oxygen atoms in total. The van der Waals surface area contributed by atoms with E-state index in [4.69, 9.17) is 9.73 Å². The molecule has 2 aliphatic heterocycles. The number of carbonyl (C=O) groups excluding carboxylic acids is 2. The zero-order chi connectivity index (χ0) is 19.7. The van der Waals surface area contributed by atoms with Crippen LogP contribution in [0.1, 0.15) is 37.7 Å². The Morgan fingerprint density at radius 2 is 1.89 bits per heavy atom. The van der Waals surface area contributed by atoms with Crippen LogP contribution in [0.2, 0.25) is 0 Å². The second kappa shape index (κ2) is 8.21. The Morgan fingerprint density at radius 3 is 2.57 bits per heavy atom. The Morgan fingerprint density at radius 1 is 1.18 bits per heavy atom. The summed E-state index contributed by atoms with van der Waals surface area (Å²) in [6.07, 6.45) is 4.25. The molecule has 1 amide bonds. The molecule has 1 aliphatic carbocycles. The third kappa shape index (κ3) is 3.55. The number of benzene rings is 1. The van der Waals surface area contributed by atoms with E-state index in [9.17, 15) is 9.59 Å². The van der Waals surface area contributed by atoms with E-state index < -0.39 is 5.92 Å². The van der Waals surface area contributed by atoms with Gasteiger partial charge in [-0.05, 0) is 43.7 Å². The summed E-state index contributed by atoms with van der Waals surface area (Å²) in [5.41, 5.74) is 3.50. The summed E-state index contributed by atoms with van der Waals surface area (Å²) in [6, 6.07) is 8.29. The summed E-state index contributed by atoms with van der Waals surface area (Å²) in [5.74, 6) is -0.449. The van der Waals surface area contributed by atoms with Gasteiger partial charge in [-0.1, -0.05) is 12.1 Å². The quantitative estimate of drug-likeness (QED) is 0.732. The van der Waals surface area contributed by atoms with E-state index >= 15 is 0 Å². The molecule has 0 saturated carbocycles. The van der Waals surface area contributed by atoms with Gasteiger partial charge in [-0.3, -0.25) is 14.6 Å². The highest BCUT2D eigenvalue weighted by molar-refractivity contribution is 7.98. The third-order valence-corrected chi connectivity index (χ3v) is 6.64. The number of carbonyl (C=O) groups is 2. The van der Waals surface area contributed by atoms with Crippen LogP contribution in [0, 0.1) is 5.92 Å². The molecule has 1 aromatic carbocycles. The van der Waals surface area contributed by atoms with Crippen LogP contribution in [0.15, 0.2) is 45.4 Å². The number of morpholine rings is 1. The molecule has 6 heteroatoms. The number of nitrogens with zero attached hydrogens (tertiary/aromatic N) is 2. The smallest absolute Gasteiger partial charge is 0.232 e. The fraction of sp³-hybridized carbons (Fsp3) is 0.500. The van der Waals surface area contributed by atoms with E-state index in [1.165, 1.54) is 4.90 Å². The molecule has 1 saturated heterocycles. The molecule has 1 unspecified atom stereocenters. The van der Waals surface area contributed by atoms with Crippen LogP contribution >= 0.6 is 11.8 Å². The lowest BCUT2D eigenvalue weighted by Gasteiger charge is -2.38. The maximum absolute atomic E-state index is 13.5. The normalized spacial score (nSPS) is 25.4. The second-order valence-electron chi connectivity index (χ2n) is 7.56. The van der Waals surface area contributed by atoms with E-state index in [2.05, 4.69) is 24.3 Å². The Labute approximate surface area is 170 Å². The van der Waals surface area contributed by atoms with Crippen LogP contribution < -0.4 is 0 Å². The van der Waals surface area contributed by atoms with E-state index in [0.717, 1.165) is 35.4 Å². The average molecular weight is 399 g/mol. The average Bonchev–Trinajstić information content (AvgIpc) is 2.73. The molecule has 3 aliphatic rings. The van der Waals surface area contributed by atoms with Crippen molar-refractivity contribution in [2.24, 2.45) is 10.9 Å². The first-order chi connectivity index (χ1) is 13.6. The molecule has 28 heavy (non-hydrogen) atoms. The summed E-state index contributed by atoms with van der Waals surface area (Å²) in [7, 11) is 0. The monoisotopic (exact) mass is 398 g/mol. The summed E-state index contributed by atoms with van der Waals surface area (Å²) < 4.78 is 5.41. The predicted molar refractivity (Wildman–Crippen MR) is 111 cm³/mol. The highest BCUT2D eigenvalue weighted by atomic mass is 32.2. The van der Waals surface area contributed by atoms with Crippen molar-refractivity contribution in [1.29, 1.82) is 0 Å². The molecule has 4 rings (SSSR count). The molecule has 0 spiro atoms. The number of ether oxygens (including phenoxy) is 1. The van der Waals surface area contributed by atoms with Crippen LogP contribution in [0.5, 0.6) is 0 Å². The van der Waals surface area contributed by atoms with E-state index in [-0.39, 0.29) is 17.6 Å². The highest BCUT2D eigenvalue weighted by Gasteiger charge is 2.43. The van der Waals surface area contributed by atoms with Crippen LogP contribution in [0.25, 0.3) is 0 Å². The van der Waals surface area contributed by atoms with E-state index in [0.29, 0.717) is 32.7 Å². The number of hydrogen-bond acceptors (Lipinski definition) is 5. The van der Waals surface area contributed by atoms with Crippen LogP contribution in [-0.2, 0) is 14.3 Å². The van der Waals surface area contributed by atoms with Gasteiger partial charge in [0.1, 0.15) is 0 Å². The van der Waals surface area contributed by atoms with Crippen LogP contribution in [0.3, 0.4) is 0 Å². The number of ketones is 1. The third-order valence-electron chi connectivity index (χ3n) is 5.90. The second-order valence-corrected chi connectivity index (χ2v) is 8.44. The van der Waals surface area contributed by atoms with Gasteiger partial charge in [0.25, 0.3) is 0 Å². The number of thioether (sulfide) groups is 1. The van der Waals surface area contributed by atoms with Crippen molar-refractivity contribution in [2.75, 3.05) is 32.6 Å². The van der Waals surface area contributed by atoms with Crippen molar-refractivity contribution in [3.63, 3.8) is 0 Å². The Balaban J connectivity index is 1.78. The highest BCUT2D eigenvalue weighted by Crippen LogP contribution is 2.44. The molecule has 2 heterocycles. The van der Waals surface area contributed by atoms with Crippen LogP contribution in [-0.4, -0.2) is 54.9 Å². The maximum Gasteiger partial charge on any atom is 0.232 e. The van der Waals surface area contributed by atoms with Gasteiger partial charge in [-0.25, -0.2) is 0 Å². The molecule has 0 bridgehead atoms. The SMILES string of the molecule is CSc1ccc([C@@H]2C3=C(CCCC3=O)N=C(C)C2C(=O)N2CCOCC2)cc1. The molecule has 0 N–H and O–H groups in total.